The summed E-state index contributed by atoms with van der Waals surface area (Å²) in [5, 5.41) is 0. The Hall–Kier alpha value is -1.57. The number of amides is 1. The average molecular weight is 158 g/mol. The molecular formula is C10H8NO. The first kappa shape index (κ1) is 7.10. The zero-order valence-corrected chi connectivity index (χ0v) is 6.50. The predicted molar refractivity (Wildman–Crippen MR) is 46.2 cm³/mol. The normalized spacial score (nSPS) is 13.8. The lowest BCUT2D eigenvalue weighted by atomic mass is 10.1. The topological polar surface area (TPSA) is 40.9 Å². The van der Waals surface area contributed by atoms with E-state index < -0.39 is 5.91 Å². The minimum Gasteiger partial charge on any atom is -0.268 e. The number of hydrogen-bond donors (Lipinski definition) is 0. The molecule has 0 unspecified atom stereocenters. The van der Waals surface area contributed by atoms with Gasteiger partial charge in [-0.1, -0.05) is 24.3 Å². The number of nitrogens with one attached hydrogen (secondary N) is 1. The maximum absolute atomic E-state index is 10.7. The van der Waals surface area contributed by atoms with E-state index in [9.17, 15) is 4.79 Å². The lowest BCUT2D eigenvalue weighted by Crippen LogP contribution is -2.01. The number of hydrogen-bond acceptors (Lipinski definition) is 1. The van der Waals surface area contributed by atoms with Crippen molar-refractivity contribution in [3.8, 4) is 0 Å². The van der Waals surface area contributed by atoms with Crippen molar-refractivity contribution in [2.75, 3.05) is 0 Å². The Morgan fingerprint density at radius 3 is 2.75 bits per heavy atom. The summed E-state index contributed by atoms with van der Waals surface area (Å²) in [4.78, 5) is 10.7. The minimum absolute atomic E-state index is 0.564. The highest BCUT2D eigenvalue weighted by molar-refractivity contribution is 5.98. The van der Waals surface area contributed by atoms with Crippen LogP contribution in [0.1, 0.15) is 11.1 Å². The second-order valence-corrected chi connectivity index (χ2v) is 2.87. The van der Waals surface area contributed by atoms with Gasteiger partial charge in [0.25, 0.3) is 5.91 Å². The molecule has 1 aliphatic carbocycles. The molecule has 12 heavy (non-hydrogen) atoms. The van der Waals surface area contributed by atoms with Crippen LogP contribution in [-0.2, 0) is 11.2 Å². The summed E-state index contributed by atoms with van der Waals surface area (Å²) in [5.41, 5.74) is 9.76. The second kappa shape index (κ2) is 2.48. The van der Waals surface area contributed by atoms with Gasteiger partial charge in [-0.3, -0.25) is 10.5 Å². The standard InChI is InChI=1S/C10H8NO/c11-10(12)9-5-7-3-1-2-4-8(7)6-9/h1-5,11H,6H2. The number of benzene rings is 1. The van der Waals surface area contributed by atoms with E-state index in [1.54, 1.807) is 6.08 Å². The third-order valence-electron chi connectivity index (χ3n) is 2.06. The van der Waals surface area contributed by atoms with Gasteiger partial charge in [-0.25, -0.2) is 0 Å². The van der Waals surface area contributed by atoms with Crippen molar-refractivity contribution in [2.45, 2.75) is 6.42 Å². The number of fused-ring (bicyclic) bond motifs is 1. The molecule has 0 heterocycles. The fraction of sp³-hybridized carbons (Fsp3) is 0.100. The monoisotopic (exact) mass is 158 g/mol. The van der Waals surface area contributed by atoms with Gasteiger partial charge in [-0.05, 0) is 17.2 Å². The molecule has 0 fully saturated rings. The Morgan fingerprint density at radius 2 is 2.08 bits per heavy atom. The van der Waals surface area contributed by atoms with Gasteiger partial charge in [-0.2, -0.15) is 0 Å². The third-order valence-corrected chi connectivity index (χ3v) is 2.06. The van der Waals surface area contributed by atoms with E-state index in [0.29, 0.717) is 12.0 Å². The molecule has 0 saturated carbocycles. The Labute approximate surface area is 70.7 Å². The van der Waals surface area contributed by atoms with Crippen molar-refractivity contribution in [1.82, 2.24) is 5.73 Å². The van der Waals surface area contributed by atoms with E-state index in [4.69, 9.17) is 5.73 Å². The first-order chi connectivity index (χ1) is 5.77. The average Bonchev–Trinajstić information content (AvgIpc) is 2.46. The number of carbonyl (C=O) groups excluding carboxylic acids is 1. The molecule has 1 aromatic rings. The largest absolute Gasteiger partial charge is 0.268 e. The maximum atomic E-state index is 10.7. The van der Waals surface area contributed by atoms with E-state index >= 15 is 0 Å². The van der Waals surface area contributed by atoms with Crippen molar-refractivity contribution in [2.24, 2.45) is 0 Å². The molecule has 2 heteroatoms. The minimum atomic E-state index is -0.564. The van der Waals surface area contributed by atoms with Crippen molar-refractivity contribution >= 4 is 12.0 Å². The molecule has 1 N–H and O–H groups in total. The first-order valence-corrected chi connectivity index (χ1v) is 3.82. The van der Waals surface area contributed by atoms with Crippen molar-refractivity contribution in [3.63, 3.8) is 0 Å². The molecule has 2 nitrogen and oxygen atoms in total. The summed E-state index contributed by atoms with van der Waals surface area (Å²) in [6, 6.07) is 7.84. The first-order valence-electron chi connectivity index (χ1n) is 3.82. The molecule has 59 valence electrons. The highest BCUT2D eigenvalue weighted by atomic mass is 16.1. The van der Waals surface area contributed by atoms with Crippen LogP contribution in [0.15, 0.2) is 29.8 Å². The van der Waals surface area contributed by atoms with Crippen LogP contribution in [0, 0.1) is 0 Å². The Bertz CT molecular complexity index is 366. The molecule has 1 aliphatic rings. The predicted octanol–water partition coefficient (Wildman–Crippen LogP) is 1.44. The van der Waals surface area contributed by atoms with Crippen LogP contribution in [0.25, 0.3) is 6.08 Å². The van der Waals surface area contributed by atoms with Crippen LogP contribution in [-0.4, -0.2) is 5.91 Å². The van der Waals surface area contributed by atoms with Crippen LogP contribution < -0.4 is 5.73 Å². The van der Waals surface area contributed by atoms with E-state index in [0.717, 1.165) is 11.1 Å². The SMILES string of the molecule is [NH]C(=O)C1=Cc2ccccc2C1. The fourth-order valence-corrected chi connectivity index (χ4v) is 1.43. The van der Waals surface area contributed by atoms with Crippen molar-refractivity contribution < 1.29 is 4.79 Å². The molecule has 0 bridgehead atoms. The fourth-order valence-electron chi connectivity index (χ4n) is 1.43. The molecule has 1 amide bonds. The molecule has 0 saturated heterocycles. The highest BCUT2D eigenvalue weighted by Crippen LogP contribution is 2.24. The molecule has 0 atom stereocenters. The van der Waals surface area contributed by atoms with Crippen LogP contribution in [0.3, 0.4) is 0 Å². The summed E-state index contributed by atoms with van der Waals surface area (Å²) in [5.74, 6) is -0.564. The Kier molecular flexibility index (Phi) is 1.47. The van der Waals surface area contributed by atoms with Gasteiger partial charge in [0, 0.05) is 12.0 Å². The molecule has 1 aromatic carbocycles. The van der Waals surface area contributed by atoms with Gasteiger partial charge >= 0.3 is 0 Å². The molecule has 0 spiro atoms. The van der Waals surface area contributed by atoms with E-state index in [1.165, 1.54) is 0 Å². The van der Waals surface area contributed by atoms with Crippen LogP contribution in [0.5, 0.6) is 0 Å². The number of rotatable bonds is 1. The van der Waals surface area contributed by atoms with Crippen molar-refractivity contribution in [1.29, 1.82) is 0 Å². The van der Waals surface area contributed by atoms with E-state index in [1.807, 2.05) is 24.3 Å². The summed E-state index contributed by atoms with van der Waals surface area (Å²) in [6.07, 6.45) is 2.42. The summed E-state index contributed by atoms with van der Waals surface area (Å²) in [7, 11) is 0. The molecule has 0 aromatic heterocycles. The van der Waals surface area contributed by atoms with Gasteiger partial charge in [0.1, 0.15) is 0 Å². The molecule has 2 rings (SSSR count). The summed E-state index contributed by atoms with van der Waals surface area (Å²) in [6.45, 7) is 0. The molecule has 1 radical (unpaired) electrons. The third kappa shape index (κ3) is 1.01. The lowest BCUT2D eigenvalue weighted by molar-refractivity contribution is -0.115. The van der Waals surface area contributed by atoms with E-state index in [-0.39, 0.29) is 0 Å². The maximum Gasteiger partial charge on any atom is 0.265 e. The van der Waals surface area contributed by atoms with Gasteiger partial charge in [0.2, 0.25) is 0 Å². The quantitative estimate of drug-likeness (QED) is 0.609. The van der Waals surface area contributed by atoms with E-state index in [2.05, 4.69) is 0 Å². The van der Waals surface area contributed by atoms with Crippen molar-refractivity contribution in [3.05, 3.63) is 41.0 Å². The smallest absolute Gasteiger partial charge is 0.265 e. The van der Waals surface area contributed by atoms with Gasteiger partial charge in [-0.15, -0.1) is 0 Å². The number of carbonyl (C=O) groups is 1. The van der Waals surface area contributed by atoms with Gasteiger partial charge < -0.3 is 0 Å². The van der Waals surface area contributed by atoms with Gasteiger partial charge in [0.15, 0.2) is 0 Å². The molecular weight excluding hydrogens is 150 g/mol. The highest BCUT2D eigenvalue weighted by Gasteiger charge is 2.15. The zero-order valence-electron chi connectivity index (χ0n) is 6.50. The van der Waals surface area contributed by atoms with Crippen LogP contribution >= 0.6 is 0 Å². The van der Waals surface area contributed by atoms with Crippen LogP contribution in [0.2, 0.25) is 0 Å². The second-order valence-electron chi connectivity index (χ2n) is 2.87. The summed E-state index contributed by atoms with van der Waals surface area (Å²) < 4.78 is 0. The summed E-state index contributed by atoms with van der Waals surface area (Å²) >= 11 is 0. The van der Waals surface area contributed by atoms with Crippen LogP contribution in [0.4, 0.5) is 0 Å². The zero-order chi connectivity index (χ0) is 8.55. The van der Waals surface area contributed by atoms with Gasteiger partial charge in [0.05, 0.1) is 0 Å². The Morgan fingerprint density at radius 1 is 1.33 bits per heavy atom. The molecule has 0 aliphatic heterocycles. The Balaban J connectivity index is 2.41. The lowest BCUT2D eigenvalue weighted by Gasteiger charge is -1.94.